The van der Waals surface area contributed by atoms with E-state index in [0.29, 0.717) is 0 Å². The Hall–Kier alpha value is -3.71. The zero-order valence-electron chi connectivity index (χ0n) is 15.3. The molecule has 0 amide bonds. The molecule has 5 aromatic carbocycles. The zero-order valence-corrected chi connectivity index (χ0v) is 15.3. The van der Waals surface area contributed by atoms with Gasteiger partial charge in [0.25, 0.3) is 0 Å². The Balaban J connectivity index is 1.88. The van der Waals surface area contributed by atoms with E-state index in [9.17, 15) is 0 Å². The lowest BCUT2D eigenvalue weighted by atomic mass is 9.90. The maximum absolute atomic E-state index is 4.81. The predicted molar refractivity (Wildman–Crippen MR) is 120 cm³/mol. The second-order valence-electron chi connectivity index (χ2n) is 7.20. The van der Waals surface area contributed by atoms with Gasteiger partial charge < -0.3 is 0 Å². The van der Waals surface area contributed by atoms with Crippen LogP contribution in [-0.2, 0) is 0 Å². The predicted octanol–water partition coefficient (Wildman–Crippen LogP) is 7.36. The average molecular weight is 355 g/mol. The zero-order chi connectivity index (χ0) is 18.5. The van der Waals surface area contributed by atoms with Gasteiger partial charge in [-0.25, -0.2) is 0 Å². The van der Waals surface area contributed by atoms with Gasteiger partial charge in [0.2, 0.25) is 0 Å². The first-order chi connectivity index (χ1) is 13.9. The number of hydrogen-bond acceptors (Lipinski definition) is 1. The Kier molecular flexibility index (Phi) is 3.24. The van der Waals surface area contributed by atoms with Gasteiger partial charge in [-0.1, -0.05) is 91.0 Å². The fraction of sp³-hybridized carbons (Fsp3) is 0. The van der Waals surface area contributed by atoms with Crippen molar-refractivity contribution in [2.24, 2.45) is 0 Å². The first kappa shape index (κ1) is 15.4. The number of nitrogens with zero attached hydrogens (tertiary/aromatic N) is 1. The molecule has 28 heavy (non-hydrogen) atoms. The fourth-order valence-corrected chi connectivity index (χ4v) is 4.49. The van der Waals surface area contributed by atoms with Crippen molar-refractivity contribution in [1.82, 2.24) is 4.98 Å². The van der Waals surface area contributed by atoms with E-state index in [2.05, 4.69) is 97.1 Å². The molecule has 6 rings (SSSR count). The number of benzene rings is 5. The summed E-state index contributed by atoms with van der Waals surface area (Å²) >= 11 is 0. The molecule has 1 nitrogen and oxygen atoms in total. The molecule has 1 heterocycles. The van der Waals surface area contributed by atoms with Crippen LogP contribution in [0.1, 0.15) is 0 Å². The van der Waals surface area contributed by atoms with E-state index in [-0.39, 0.29) is 0 Å². The summed E-state index contributed by atoms with van der Waals surface area (Å²) < 4.78 is 0. The molecule has 0 bridgehead atoms. The van der Waals surface area contributed by atoms with Crippen LogP contribution in [0.3, 0.4) is 0 Å². The van der Waals surface area contributed by atoms with Gasteiger partial charge in [-0.3, -0.25) is 4.98 Å². The Bertz CT molecular complexity index is 1460. The van der Waals surface area contributed by atoms with Gasteiger partial charge in [-0.2, -0.15) is 0 Å². The lowest BCUT2D eigenvalue weighted by Crippen LogP contribution is -1.90. The van der Waals surface area contributed by atoms with Gasteiger partial charge in [-0.15, -0.1) is 0 Å². The van der Waals surface area contributed by atoms with Crippen LogP contribution in [0.4, 0.5) is 0 Å². The van der Waals surface area contributed by atoms with Crippen LogP contribution in [-0.4, -0.2) is 4.98 Å². The minimum atomic E-state index is 1.05. The van der Waals surface area contributed by atoms with Crippen molar-refractivity contribution < 1.29 is 0 Å². The summed E-state index contributed by atoms with van der Waals surface area (Å²) in [6.45, 7) is 0. The van der Waals surface area contributed by atoms with Gasteiger partial charge in [0.15, 0.2) is 0 Å². The highest BCUT2D eigenvalue weighted by atomic mass is 14.7. The molecule has 0 aliphatic carbocycles. The van der Waals surface area contributed by atoms with E-state index in [1.807, 2.05) is 6.20 Å². The minimum Gasteiger partial charge on any atom is -0.256 e. The molecule has 0 fully saturated rings. The minimum absolute atomic E-state index is 1.05. The summed E-state index contributed by atoms with van der Waals surface area (Å²) in [4.78, 5) is 4.81. The molecule has 0 unspecified atom stereocenters. The highest BCUT2D eigenvalue weighted by molar-refractivity contribution is 6.28. The summed E-state index contributed by atoms with van der Waals surface area (Å²) in [5.41, 5.74) is 2.24. The summed E-state index contributed by atoms with van der Waals surface area (Å²) in [6, 6.07) is 34.6. The third-order valence-electron chi connectivity index (χ3n) is 5.70. The van der Waals surface area contributed by atoms with Gasteiger partial charge in [0, 0.05) is 17.1 Å². The lowest BCUT2D eigenvalue weighted by molar-refractivity contribution is 1.36. The molecular weight excluding hydrogens is 338 g/mol. The summed E-state index contributed by atoms with van der Waals surface area (Å²) in [7, 11) is 0. The molecule has 0 aliphatic rings. The monoisotopic (exact) mass is 355 g/mol. The maximum Gasteiger partial charge on any atom is 0.0786 e. The number of rotatable bonds is 1. The summed E-state index contributed by atoms with van der Waals surface area (Å²) in [5.74, 6) is 0. The van der Waals surface area contributed by atoms with Crippen LogP contribution >= 0.6 is 0 Å². The fourth-order valence-electron chi connectivity index (χ4n) is 4.49. The third kappa shape index (κ3) is 2.10. The van der Waals surface area contributed by atoms with Gasteiger partial charge in [0.05, 0.1) is 5.69 Å². The van der Waals surface area contributed by atoms with Crippen molar-refractivity contribution >= 4 is 43.1 Å². The van der Waals surface area contributed by atoms with Crippen LogP contribution in [0.25, 0.3) is 54.3 Å². The highest BCUT2D eigenvalue weighted by Gasteiger charge is 2.14. The largest absolute Gasteiger partial charge is 0.256 e. The van der Waals surface area contributed by atoms with Crippen LogP contribution in [0.2, 0.25) is 0 Å². The Labute approximate surface area is 162 Å². The van der Waals surface area contributed by atoms with Crippen molar-refractivity contribution in [3.63, 3.8) is 0 Å². The topological polar surface area (TPSA) is 12.9 Å². The van der Waals surface area contributed by atoms with Crippen LogP contribution in [0, 0.1) is 0 Å². The number of pyridine rings is 1. The Morgan fingerprint density at radius 2 is 0.964 bits per heavy atom. The molecule has 0 saturated heterocycles. The van der Waals surface area contributed by atoms with E-state index in [4.69, 9.17) is 4.98 Å². The summed E-state index contributed by atoms with van der Waals surface area (Å²) in [6.07, 6.45) is 1.92. The Morgan fingerprint density at radius 1 is 0.429 bits per heavy atom. The molecule has 0 aliphatic heterocycles. The van der Waals surface area contributed by atoms with Crippen LogP contribution in [0.15, 0.2) is 103 Å². The molecule has 0 atom stereocenters. The lowest BCUT2D eigenvalue weighted by Gasteiger charge is -2.14. The quantitative estimate of drug-likeness (QED) is 0.281. The van der Waals surface area contributed by atoms with Gasteiger partial charge in [-0.05, 0) is 43.8 Å². The smallest absolute Gasteiger partial charge is 0.0786 e. The van der Waals surface area contributed by atoms with Crippen molar-refractivity contribution in [2.45, 2.75) is 0 Å². The molecule has 0 radical (unpaired) electrons. The number of fused-ring (bicyclic) bond motifs is 7. The number of hydrogen-bond donors (Lipinski definition) is 0. The van der Waals surface area contributed by atoms with Crippen molar-refractivity contribution in [3.05, 3.63) is 103 Å². The number of aromatic nitrogens is 1. The van der Waals surface area contributed by atoms with Gasteiger partial charge >= 0.3 is 0 Å². The molecule has 6 aromatic rings. The second-order valence-corrected chi connectivity index (χ2v) is 7.20. The van der Waals surface area contributed by atoms with E-state index in [0.717, 1.165) is 5.69 Å². The van der Waals surface area contributed by atoms with E-state index in [1.165, 1.54) is 48.7 Å². The standard InChI is InChI=1S/C27H17N/c1-2-9-19-18(8-1)16-17-28-27(19)25-15-7-14-24-22-11-4-3-10-20(22)21-12-5-6-13-23(21)26(24)25/h1-17H. The molecule has 1 aromatic heterocycles. The van der Waals surface area contributed by atoms with Crippen LogP contribution < -0.4 is 0 Å². The molecule has 0 saturated carbocycles. The van der Waals surface area contributed by atoms with Crippen molar-refractivity contribution in [3.8, 4) is 11.3 Å². The SMILES string of the molecule is c1ccc2c(-c3cccc4c5ccccc5c5ccccc5c34)nccc2c1. The molecule has 130 valence electrons. The first-order valence-corrected chi connectivity index (χ1v) is 9.58. The molecule has 0 spiro atoms. The Morgan fingerprint density at radius 3 is 1.68 bits per heavy atom. The van der Waals surface area contributed by atoms with E-state index in [1.54, 1.807) is 0 Å². The third-order valence-corrected chi connectivity index (χ3v) is 5.70. The first-order valence-electron chi connectivity index (χ1n) is 9.58. The molecule has 1 heteroatoms. The average Bonchev–Trinajstić information content (AvgIpc) is 2.78. The molecular formula is C27H17N. The van der Waals surface area contributed by atoms with E-state index < -0.39 is 0 Å². The van der Waals surface area contributed by atoms with E-state index >= 15 is 0 Å². The van der Waals surface area contributed by atoms with Crippen molar-refractivity contribution in [1.29, 1.82) is 0 Å². The van der Waals surface area contributed by atoms with Crippen molar-refractivity contribution in [2.75, 3.05) is 0 Å². The van der Waals surface area contributed by atoms with Gasteiger partial charge in [0.1, 0.15) is 0 Å². The van der Waals surface area contributed by atoms with Crippen LogP contribution in [0.5, 0.6) is 0 Å². The normalized spacial score (nSPS) is 11.6. The molecule has 0 N–H and O–H groups in total. The summed E-state index contributed by atoms with van der Waals surface area (Å²) in [5, 5.41) is 10.1. The second kappa shape index (κ2) is 5.90. The maximum atomic E-state index is 4.81. The highest BCUT2D eigenvalue weighted by Crippen LogP contribution is 2.40.